The zero-order valence-corrected chi connectivity index (χ0v) is 10.7. The van der Waals surface area contributed by atoms with Crippen LogP contribution in [0.5, 0.6) is 0 Å². The number of anilines is 1. The summed E-state index contributed by atoms with van der Waals surface area (Å²) in [6.45, 7) is 2.66. The lowest BCUT2D eigenvalue weighted by Gasteiger charge is -2.18. The molecule has 1 atom stereocenters. The lowest BCUT2D eigenvalue weighted by molar-refractivity contribution is -0.117. The van der Waals surface area contributed by atoms with E-state index in [1.807, 2.05) is 25.1 Å². The van der Waals surface area contributed by atoms with Gasteiger partial charge in [0.25, 0.3) is 0 Å². The summed E-state index contributed by atoms with van der Waals surface area (Å²) in [5.41, 5.74) is 1.89. The van der Waals surface area contributed by atoms with E-state index in [9.17, 15) is 4.79 Å². The van der Waals surface area contributed by atoms with Crippen molar-refractivity contribution in [3.63, 3.8) is 0 Å². The Bertz CT molecular complexity index is 408. The van der Waals surface area contributed by atoms with E-state index >= 15 is 0 Å². The predicted molar refractivity (Wildman–Crippen MR) is 65.9 cm³/mol. The first-order valence-corrected chi connectivity index (χ1v) is 6.08. The first kappa shape index (κ1) is 11.0. The number of halogens is 2. The normalized spacial score (nSPS) is 21.1. The van der Waals surface area contributed by atoms with E-state index in [1.54, 1.807) is 4.90 Å². The lowest BCUT2D eigenvalue weighted by atomic mass is 10.2. The first-order chi connectivity index (χ1) is 7.09. The standard InChI is InChI=1S/C11H11BrClNO/c1-7-9(13)3-2-4-10(7)14-6-8(12)5-11(14)15/h2-4,8H,5-6H2,1H3. The Hall–Kier alpha value is -0.540. The third-order valence-electron chi connectivity index (χ3n) is 2.61. The van der Waals surface area contributed by atoms with Crippen molar-refractivity contribution >= 4 is 39.1 Å². The van der Waals surface area contributed by atoms with E-state index in [1.165, 1.54) is 0 Å². The van der Waals surface area contributed by atoms with Crippen LogP contribution in [0.25, 0.3) is 0 Å². The summed E-state index contributed by atoms with van der Waals surface area (Å²) in [5, 5.41) is 0.707. The number of rotatable bonds is 1. The SMILES string of the molecule is Cc1c(Cl)cccc1N1CC(Br)CC1=O. The van der Waals surface area contributed by atoms with E-state index in [2.05, 4.69) is 15.9 Å². The van der Waals surface area contributed by atoms with Gasteiger partial charge in [0.05, 0.1) is 0 Å². The Labute approximate surface area is 102 Å². The van der Waals surface area contributed by atoms with Crippen molar-refractivity contribution in [3.05, 3.63) is 28.8 Å². The molecule has 1 heterocycles. The zero-order valence-electron chi connectivity index (χ0n) is 8.34. The highest BCUT2D eigenvalue weighted by Crippen LogP contribution is 2.31. The van der Waals surface area contributed by atoms with Crippen LogP contribution < -0.4 is 4.90 Å². The molecule has 1 amide bonds. The number of hydrogen-bond donors (Lipinski definition) is 0. The zero-order chi connectivity index (χ0) is 11.0. The van der Waals surface area contributed by atoms with Crippen LogP contribution in [-0.2, 0) is 4.79 Å². The quantitative estimate of drug-likeness (QED) is 0.727. The number of amides is 1. The van der Waals surface area contributed by atoms with E-state index in [4.69, 9.17) is 11.6 Å². The van der Waals surface area contributed by atoms with Crippen LogP contribution in [0.4, 0.5) is 5.69 Å². The van der Waals surface area contributed by atoms with Crippen LogP contribution in [0, 0.1) is 6.92 Å². The molecule has 0 N–H and O–H groups in total. The summed E-state index contributed by atoms with van der Waals surface area (Å²) in [6.07, 6.45) is 0.561. The molecule has 1 fully saturated rings. The monoisotopic (exact) mass is 287 g/mol. The molecule has 15 heavy (non-hydrogen) atoms. The van der Waals surface area contributed by atoms with E-state index < -0.39 is 0 Å². The molecule has 1 saturated heterocycles. The third kappa shape index (κ3) is 2.04. The van der Waals surface area contributed by atoms with Gasteiger partial charge >= 0.3 is 0 Å². The van der Waals surface area contributed by atoms with Gasteiger partial charge in [-0.1, -0.05) is 33.6 Å². The summed E-state index contributed by atoms with van der Waals surface area (Å²) in [6, 6.07) is 5.65. The molecule has 0 bridgehead atoms. The molecular formula is C11H11BrClNO. The molecule has 0 spiro atoms. The molecule has 4 heteroatoms. The van der Waals surface area contributed by atoms with Crippen molar-refractivity contribution in [2.75, 3.05) is 11.4 Å². The number of hydrogen-bond acceptors (Lipinski definition) is 1. The number of nitrogens with zero attached hydrogens (tertiary/aromatic N) is 1. The summed E-state index contributed by atoms with van der Waals surface area (Å²) < 4.78 is 0. The minimum absolute atomic E-state index is 0.155. The van der Waals surface area contributed by atoms with Crippen LogP contribution in [0.15, 0.2) is 18.2 Å². The van der Waals surface area contributed by atoms with Crippen LogP contribution in [0.2, 0.25) is 5.02 Å². The number of carbonyl (C=O) groups excluding carboxylic acids is 1. The summed E-state index contributed by atoms with van der Waals surface area (Å²) >= 11 is 9.49. The summed E-state index contributed by atoms with van der Waals surface area (Å²) in [5.74, 6) is 0.155. The Morgan fingerprint density at radius 3 is 2.87 bits per heavy atom. The minimum Gasteiger partial charge on any atom is -0.311 e. The molecule has 1 aliphatic rings. The molecule has 0 radical (unpaired) electrons. The second kappa shape index (κ2) is 4.14. The Morgan fingerprint density at radius 1 is 1.53 bits per heavy atom. The third-order valence-corrected chi connectivity index (χ3v) is 3.63. The van der Waals surface area contributed by atoms with Gasteiger partial charge in [0.1, 0.15) is 0 Å². The lowest BCUT2D eigenvalue weighted by Crippen LogP contribution is -2.25. The molecule has 0 saturated carbocycles. The molecule has 1 aromatic carbocycles. The van der Waals surface area contributed by atoms with Crippen LogP contribution in [0.3, 0.4) is 0 Å². The van der Waals surface area contributed by atoms with Crippen LogP contribution in [0.1, 0.15) is 12.0 Å². The summed E-state index contributed by atoms with van der Waals surface area (Å²) in [4.78, 5) is 13.7. The molecular weight excluding hydrogens is 277 g/mol. The predicted octanol–water partition coefficient (Wildman–Crippen LogP) is 3.15. The van der Waals surface area contributed by atoms with Crippen LogP contribution in [-0.4, -0.2) is 17.3 Å². The molecule has 1 aliphatic heterocycles. The van der Waals surface area contributed by atoms with Gasteiger partial charge in [-0.05, 0) is 24.6 Å². The fraction of sp³-hybridized carbons (Fsp3) is 0.364. The highest BCUT2D eigenvalue weighted by molar-refractivity contribution is 9.09. The van der Waals surface area contributed by atoms with Gasteiger partial charge in [0.15, 0.2) is 0 Å². The topological polar surface area (TPSA) is 20.3 Å². The van der Waals surface area contributed by atoms with Gasteiger partial charge in [0.2, 0.25) is 5.91 Å². The molecule has 0 aliphatic carbocycles. The maximum absolute atomic E-state index is 11.7. The molecule has 2 rings (SSSR count). The van der Waals surface area contributed by atoms with Gasteiger partial charge in [-0.2, -0.15) is 0 Å². The van der Waals surface area contributed by atoms with E-state index in [-0.39, 0.29) is 10.7 Å². The molecule has 1 unspecified atom stereocenters. The second-order valence-electron chi connectivity index (χ2n) is 3.69. The van der Waals surface area contributed by atoms with Crippen molar-refractivity contribution in [1.29, 1.82) is 0 Å². The largest absolute Gasteiger partial charge is 0.311 e. The second-order valence-corrected chi connectivity index (χ2v) is 5.39. The maximum Gasteiger partial charge on any atom is 0.228 e. The number of carbonyl (C=O) groups is 1. The Kier molecular flexibility index (Phi) is 3.03. The average molecular weight is 289 g/mol. The van der Waals surface area contributed by atoms with Gasteiger partial charge in [-0.15, -0.1) is 0 Å². The van der Waals surface area contributed by atoms with Crippen molar-refractivity contribution in [2.45, 2.75) is 18.2 Å². The highest BCUT2D eigenvalue weighted by atomic mass is 79.9. The van der Waals surface area contributed by atoms with Crippen LogP contribution >= 0.6 is 27.5 Å². The minimum atomic E-state index is 0.155. The van der Waals surface area contributed by atoms with E-state index in [0.29, 0.717) is 11.4 Å². The smallest absolute Gasteiger partial charge is 0.228 e. The van der Waals surface area contributed by atoms with Gasteiger partial charge in [-0.25, -0.2) is 0 Å². The molecule has 2 nitrogen and oxygen atoms in total. The summed E-state index contributed by atoms with van der Waals surface area (Å²) in [7, 11) is 0. The fourth-order valence-corrected chi connectivity index (χ4v) is 2.52. The van der Waals surface area contributed by atoms with Crippen molar-refractivity contribution in [1.82, 2.24) is 0 Å². The average Bonchev–Trinajstić information content (AvgIpc) is 2.50. The first-order valence-electron chi connectivity index (χ1n) is 4.79. The fourth-order valence-electron chi connectivity index (χ4n) is 1.79. The highest BCUT2D eigenvalue weighted by Gasteiger charge is 2.29. The van der Waals surface area contributed by atoms with Crippen molar-refractivity contribution < 1.29 is 4.79 Å². The molecule has 80 valence electrons. The maximum atomic E-state index is 11.7. The number of benzene rings is 1. The Morgan fingerprint density at radius 2 is 2.27 bits per heavy atom. The van der Waals surface area contributed by atoms with Gasteiger partial charge in [-0.3, -0.25) is 4.79 Å². The number of alkyl halides is 1. The molecule has 0 aromatic heterocycles. The van der Waals surface area contributed by atoms with Crippen molar-refractivity contribution in [2.24, 2.45) is 0 Å². The molecule has 1 aromatic rings. The van der Waals surface area contributed by atoms with Gasteiger partial charge in [0, 0.05) is 28.5 Å². The van der Waals surface area contributed by atoms with Gasteiger partial charge < -0.3 is 4.90 Å². The Balaban J connectivity index is 2.38. The van der Waals surface area contributed by atoms with E-state index in [0.717, 1.165) is 17.8 Å². The van der Waals surface area contributed by atoms with Crippen molar-refractivity contribution in [3.8, 4) is 0 Å².